The molecule has 168 valence electrons. The Bertz CT molecular complexity index is 1370. The SMILES string of the molecule is CC(C)(O)C12CC(C1)N(c1cc(-n3ncc4ccc([C@]5(C#N)CC56CC6)cc43)cc(F)n1)C2. The molecule has 3 aliphatic carbocycles. The van der Waals surface area contributed by atoms with Gasteiger partial charge in [-0.25, -0.2) is 9.67 Å². The molecule has 5 aliphatic rings. The molecule has 8 rings (SSSR count). The van der Waals surface area contributed by atoms with Gasteiger partial charge in [0.1, 0.15) is 5.82 Å². The van der Waals surface area contributed by atoms with E-state index in [1.165, 1.54) is 6.07 Å². The van der Waals surface area contributed by atoms with E-state index in [9.17, 15) is 14.8 Å². The van der Waals surface area contributed by atoms with Crippen molar-refractivity contribution in [3.05, 3.63) is 48.0 Å². The lowest BCUT2D eigenvalue weighted by molar-refractivity contribution is -0.0754. The Morgan fingerprint density at radius 1 is 1.21 bits per heavy atom. The maximum absolute atomic E-state index is 14.7. The van der Waals surface area contributed by atoms with E-state index in [1.54, 1.807) is 10.9 Å². The molecule has 2 aromatic heterocycles. The van der Waals surface area contributed by atoms with Crippen LogP contribution >= 0.6 is 0 Å². The van der Waals surface area contributed by atoms with E-state index in [4.69, 9.17) is 0 Å². The van der Waals surface area contributed by atoms with Gasteiger partial charge in [-0.2, -0.15) is 14.8 Å². The van der Waals surface area contributed by atoms with E-state index < -0.39 is 11.5 Å². The lowest BCUT2D eigenvalue weighted by Crippen LogP contribution is -2.50. The molecular weight excluding hydrogens is 417 g/mol. The predicted molar refractivity (Wildman–Crippen MR) is 121 cm³/mol. The van der Waals surface area contributed by atoms with Crippen molar-refractivity contribution in [2.45, 2.75) is 63.0 Å². The highest BCUT2D eigenvalue weighted by Gasteiger charge is 2.75. The molecule has 33 heavy (non-hydrogen) atoms. The number of nitriles is 1. The van der Waals surface area contributed by atoms with Crippen LogP contribution in [0.2, 0.25) is 0 Å². The minimum absolute atomic E-state index is 0.159. The highest BCUT2D eigenvalue weighted by molar-refractivity contribution is 5.82. The Hall–Kier alpha value is -2.98. The third-order valence-electron chi connectivity index (χ3n) is 9.26. The van der Waals surface area contributed by atoms with Gasteiger partial charge in [0.05, 0.1) is 34.5 Å². The maximum atomic E-state index is 14.7. The molecule has 7 heteroatoms. The van der Waals surface area contributed by atoms with E-state index in [-0.39, 0.29) is 22.3 Å². The van der Waals surface area contributed by atoms with Crippen molar-refractivity contribution in [2.24, 2.45) is 10.8 Å². The summed E-state index contributed by atoms with van der Waals surface area (Å²) in [6, 6.07) is 12.3. The first-order valence-electron chi connectivity index (χ1n) is 11.8. The number of nitrogens with zero attached hydrogens (tertiary/aromatic N) is 5. The van der Waals surface area contributed by atoms with Crippen molar-refractivity contribution in [1.82, 2.24) is 14.8 Å². The van der Waals surface area contributed by atoms with Crippen LogP contribution in [0.4, 0.5) is 10.2 Å². The number of anilines is 1. The first-order valence-corrected chi connectivity index (χ1v) is 11.8. The molecule has 3 aromatic rings. The highest BCUT2D eigenvalue weighted by atomic mass is 19.1. The summed E-state index contributed by atoms with van der Waals surface area (Å²) >= 11 is 0. The van der Waals surface area contributed by atoms with Gasteiger partial charge in [-0.15, -0.1) is 0 Å². The summed E-state index contributed by atoms with van der Waals surface area (Å²) in [6.45, 7) is 4.41. The largest absolute Gasteiger partial charge is 0.390 e. The average Bonchev–Trinajstić information content (AvgIpc) is 3.43. The summed E-state index contributed by atoms with van der Waals surface area (Å²) < 4.78 is 16.5. The second-order valence-electron chi connectivity index (χ2n) is 11.3. The Morgan fingerprint density at radius 2 is 2.00 bits per heavy atom. The number of aromatic nitrogens is 3. The van der Waals surface area contributed by atoms with Crippen molar-refractivity contribution < 1.29 is 9.50 Å². The first kappa shape index (κ1) is 19.5. The molecule has 2 aliphatic heterocycles. The van der Waals surface area contributed by atoms with Crippen LogP contribution in [0.15, 0.2) is 36.5 Å². The fraction of sp³-hybridized carbons (Fsp3) is 0.500. The average molecular weight is 444 g/mol. The molecular formula is C26H26FN5O. The fourth-order valence-corrected chi connectivity index (χ4v) is 6.69. The lowest BCUT2D eigenvalue weighted by Gasteiger charge is -2.45. The Labute approximate surface area is 191 Å². The molecule has 1 aromatic carbocycles. The molecule has 0 radical (unpaired) electrons. The van der Waals surface area contributed by atoms with Crippen LogP contribution in [-0.2, 0) is 5.41 Å². The maximum Gasteiger partial charge on any atom is 0.216 e. The Balaban J connectivity index is 1.28. The van der Waals surface area contributed by atoms with Crippen molar-refractivity contribution in [1.29, 1.82) is 5.26 Å². The zero-order chi connectivity index (χ0) is 22.8. The molecule has 1 atom stereocenters. The molecule has 0 unspecified atom stereocenters. The van der Waals surface area contributed by atoms with Gasteiger partial charge in [0.25, 0.3) is 0 Å². The molecule has 6 nitrogen and oxygen atoms in total. The monoisotopic (exact) mass is 443 g/mol. The minimum Gasteiger partial charge on any atom is -0.390 e. The molecule has 4 heterocycles. The van der Waals surface area contributed by atoms with E-state index >= 15 is 0 Å². The van der Waals surface area contributed by atoms with Gasteiger partial charge in [0.15, 0.2) is 0 Å². The number of rotatable bonds is 4. The number of fused-ring (bicyclic) bond motifs is 2. The molecule has 1 spiro atoms. The topological polar surface area (TPSA) is 78.0 Å². The third kappa shape index (κ3) is 2.40. The molecule has 3 saturated carbocycles. The number of pyridine rings is 1. The van der Waals surface area contributed by atoms with Crippen LogP contribution in [0.1, 0.15) is 51.5 Å². The standard InChI is InChI=1S/C26H26FN5O/c1-23(2,33)25-10-19(11-25)31(15-25)22-9-18(8-21(27)30-22)32-20-7-17(4-3-16(20)12-29-32)26(14-28)13-24(26)5-6-24/h3-4,7-9,12,19,33H,5-6,10-11,13,15H2,1-2H3/t19?,25?,26-/m1/s1. The second kappa shape index (κ2) is 5.74. The normalized spacial score (nSPS) is 31.0. The molecule has 2 bridgehead atoms. The van der Waals surface area contributed by atoms with E-state index in [2.05, 4.69) is 33.2 Å². The molecule has 0 amide bonds. The molecule has 2 saturated heterocycles. The Morgan fingerprint density at radius 3 is 2.64 bits per heavy atom. The number of benzene rings is 1. The summed E-state index contributed by atoms with van der Waals surface area (Å²) in [5.74, 6) is 0.0439. The van der Waals surface area contributed by atoms with E-state index in [0.29, 0.717) is 18.1 Å². The van der Waals surface area contributed by atoms with E-state index in [0.717, 1.165) is 48.6 Å². The van der Waals surface area contributed by atoms with Gasteiger partial charge in [-0.3, -0.25) is 0 Å². The summed E-state index contributed by atoms with van der Waals surface area (Å²) in [6.07, 6.45) is 6.77. The lowest BCUT2D eigenvalue weighted by atomic mass is 9.61. The zero-order valence-electron chi connectivity index (χ0n) is 18.8. The van der Waals surface area contributed by atoms with Crippen molar-refractivity contribution in [2.75, 3.05) is 11.4 Å². The van der Waals surface area contributed by atoms with Crippen LogP contribution in [0, 0.1) is 28.1 Å². The molecule has 5 fully saturated rings. The van der Waals surface area contributed by atoms with Gasteiger partial charge >= 0.3 is 0 Å². The van der Waals surface area contributed by atoms with Crippen LogP contribution in [0.25, 0.3) is 16.6 Å². The van der Waals surface area contributed by atoms with Crippen molar-refractivity contribution in [3.8, 4) is 11.8 Å². The third-order valence-corrected chi connectivity index (χ3v) is 9.26. The summed E-state index contributed by atoms with van der Waals surface area (Å²) in [5, 5.41) is 26.1. The van der Waals surface area contributed by atoms with Crippen LogP contribution < -0.4 is 4.90 Å². The Kier molecular flexibility index (Phi) is 3.39. The first-order chi connectivity index (χ1) is 15.7. The number of aliphatic hydroxyl groups is 1. The second-order valence-corrected chi connectivity index (χ2v) is 11.3. The summed E-state index contributed by atoms with van der Waals surface area (Å²) in [7, 11) is 0. The number of halogens is 1. The number of hydrogen-bond acceptors (Lipinski definition) is 5. The van der Waals surface area contributed by atoms with Gasteiger partial charge in [0.2, 0.25) is 5.95 Å². The smallest absolute Gasteiger partial charge is 0.216 e. The summed E-state index contributed by atoms with van der Waals surface area (Å²) in [5.41, 5.74) is 1.40. The van der Waals surface area contributed by atoms with Gasteiger partial charge in [-0.1, -0.05) is 12.1 Å². The van der Waals surface area contributed by atoms with E-state index in [1.807, 2.05) is 26.0 Å². The number of hydrogen-bond donors (Lipinski definition) is 1. The van der Waals surface area contributed by atoms with Crippen molar-refractivity contribution >= 4 is 16.7 Å². The fourth-order valence-electron chi connectivity index (χ4n) is 6.69. The minimum atomic E-state index is -0.776. The van der Waals surface area contributed by atoms with Gasteiger partial charge in [-0.05, 0) is 63.0 Å². The van der Waals surface area contributed by atoms with Crippen LogP contribution in [-0.4, -0.2) is 38.1 Å². The van der Waals surface area contributed by atoms with Crippen LogP contribution in [0.5, 0.6) is 0 Å². The zero-order valence-corrected chi connectivity index (χ0v) is 18.8. The van der Waals surface area contributed by atoms with Crippen LogP contribution in [0.3, 0.4) is 0 Å². The van der Waals surface area contributed by atoms with Gasteiger partial charge < -0.3 is 10.0 Å². The molecule has 1 N–H and O–H groups in total. The predicted octanol–water partition coefficient (Wildman–Crippen LogP) is 4.24. The highest BCUT2D eigenvalue weighted by Crippen LogP contribution is 2.78. The van der Waals surface area contributed by atoms with Gasteiger partial charge in [0, 0.05) is 35.5 Å². The summed E-state index contributed by atoms with van der Waals surface area (Å²) in [4.78, 5) is 6.33. The quantitative estimate of drug-likeness (QED) is 0.610. The van der Waals surface area contributed by atoms with Crippen molar-refractivity contribution in [3.63, 3.8) is 0 Å².